The van der Waals surface area contributed by atoms with Crippen molar-refractivity contribution < 1.29 is 0 Å². The minimum absolute atomic E-state index is 0.179. The molecule has 0 aliphatic heterocycles. The van der Waals surface area contributed by atoms with E-state index < -0.39 is 0 Å². The van der Waals surface area contributed by atoms with Crippen LogP contribution < -0.4 is 0 Å². The monoisotopic (exact) mass is 315 g/mol. The zero-order chi connectivity index (χ0) is 16.7. The van der Waals surface area contributed by atoms with Gasteiger partial charge in [-0.1, -0.05) is 80.2 Å². The molecule has 0 spiro atoms. The van der Waals surface area contributed by atoms with Crippen molar-refractivity contribution in [1.82, 2.24) is 4.57 Å². The molecule has 0 amide bonds. The first-order valence-electron chi connectivity index (χ1n) is 9.13. The lowest BCUT2D eigenvalue weighted by Crippen LogP contribution is -2.20. The topological polar surface area (TPSA) is 4.93 Å². The van der Waals surface area contributed by atoms with Crippen molar-refractivity contribution in [2.24, 2.45) is 5.92 Å². The van der Waals surface area contributed by atoms with E-state index in [1.807, 2.05) is 13.8 Å². The van der Waals surface area contributed by atoms with Crippen molar-refractivity contribution in [1.29, 1.82) is 0 Å². The Morgan fingerprint density at radius 2 is 1.92 bits per heavy atom. The van der Waals surface area contributed by atoms with Crippen LogP contribution in [0.1, 0.15) is 38.4 Å². The van der Waals surface area contributed by atoms with Crippen LogP contribution in [-0.4, -0.2) is 4.57 Å². The molecule has 0 saturated heterocycles. The predicted octanol–water partition coefficient (Wildman–Crippen LogP) is 6.02. The number of aromatic nitrogens is 1. The lowest BCUT2D eigenvalue weighted by atomic mass is 10.0. The Morgan fingerprint density at radius 3 is 2.75 bits per heavy atom. The highest BCUT2D eigenvalue weighted by Gasteiger charge is 2.55. The van der Waals surface area contributed by atoms with Crippen molar-refractivity contribution in [3.05, 3.63) is 77.6 Å². The Morgan fingerprint density at radius 1 is 1.08 bits per heavy atom. The number of rotatable bonds is 1. The minimum atomic E-state index is 0.179. The highest BCUT2D eigenvalue weighted by Crippen LogP contribution is 2.57. The molecule has 5 rings (SSSR count). The van der Waals surface area contributed by atoms with E-state index in [-0.39, 0.29) is 5.54 Å². The van der Waals surface area contributed by atoms with Crippen molar-refractivity contribution >= 4 is 17.0 Å². The maximum absolute atomic E-state index is 2.63. The van der Waals surface area contributed by atoms with Crippen LogP contribution >= 0.6 is 0 Å². The Bertz CT molecular complexity index is 904. The number of allylic oxidation sites excluding steroid dienone is 7. The van der Waals surface area contributed by atoms with E-state index in [2.05, 4.69) is 78.3 Å². The number of benzene rings is 1. The van der Waals surface area contributed by atoms with E-state index in [0.29, 0.717) is 5.92 Å². The lowest BCUT2D eigenvalue weighted by molar-refractivity contribution is 0.562. The predicted molar refractivity (Wildman–Crippen MR) is 104 cm³/mol. The zero-order valence-electron chi connectivity index (χ0n) is 14.8. The molecule has 0 bridgehead atoms. The van der Waals surface area contributed by atoms with Gasteiger partial charge >= 0.3 is 0 Å². The second-order valence-corrected chi connectivity index (χ2v) is 6.75. The van der Waals surface area contributed by atoms with Gasteiger partial charge in [0.05, 0.1) is 5.54 Å². The second-order valence-electron chi connectivity index (χ2n) is 6.75. The quantitative estimate of drug-likeness (QED) is 0.606. The first kappa shape index (κ1) is 15.3. The first-order chi connectivity index (χ1) is 11.8. The summed E-state index contributed by atoms with van der Waals surface area (Å²) in [4.78, 5) is 0. The molecular formula is C23H25N. The summed E-state index contributed by atoms with van der Waals surface area (Å²) in [7, 11) is 0. The molecule has 122 valence electrons. The van der Waals surface area contributed by atoms with Gasteiger partial charge in [0.15, 0.2) is 0 Å². The van der Waals surface area contributed by atoms with Gasteiger partial charge in [-0.3, -0.25) is 0 Å². The standard InChI is InChI=1S/C21H19N.C2H6/c1-15-11-12-21(14-16(21)13-15)22-19-9-4-2-3-7-17(19)18-8-5-6-10-20(18)22;1-2/h2-8,10-13,16H,9,14H2,1H3;1-2H3. The molecule has 1 nitrogen and oxygen atoms in total. The maximum Gasteiger partial charge on any atom is 0.0704 e. The Kier molecular flexibility index (Phi) is 3.60. The molecule has 3 aliphatic rings. The number of fused-ring (bicyclic) bond motifs is 4. The first-order valence-corrected chi connectivity index (χ1v) is 9.13. The van der Waals surface area contributed by atoms with Gasteiger partial charge in [-0.15, -0.1) is 0 Å². The van der Waals surface area contributed by atoms with E-state index in [0.717, 1.165) is 6.42 Å². The zero-order valence-corrected chi connectivity index (χ0v) is 14.8. The summed E-state index contributed by atoms with van der Waals surface area (Å²) >= 11 is 0. The molecule has 24 heavy (non-hydrogen) atoms. The summed E-state index contributed by atoms with van der Waals surface area (Å²) in [5.74, 6) is 0.661. The third kappa shape index (κ3) is 2.07. The van der Waals surface area contributed by atoms with Crippen molar-refractivity contribution in [2.75, 3.05) is 0 Å². The van der Waals surface area contributed by atoms with E-state index in [1.165, 1.54) is 34.2 Å². The van der Waals surface area contributed by atoms with Crippen molar-refractivity contribution in [3.63, 3.8) is 0 Å². The fraction of sp³-hybridized carbons (Fsp3) is 0.304. The molecule has 0 N–H and O–H groups in total. The fourth-order valence-corrected chi connectivity index (χ4v) is 4.26. The van der Waals surface area contributed by atoms with Gasteiger partial charge in [0, 0.05) is 34.5 Å². The highest BCUT2D eigenvalue weighted by molar-refractivity contribution is 5.92. The number of nitrogens with zero attached hydrogens (tertiary/aromatic N) is 1. The van der Waals surface area contributed by atoms with Crippen LogP contribution in [0.15, 0.2) is 66.3 Å². The van der Waals surface area contributed by atoms with Crippen LogP contribution in [0.2, 0.25) is 0 Å². The van der Waals surface area contributed by atoms with Crippen molar-refractivity contribution in [3.8, 4) is 0 Å². The Balaban J connectivity index is 0.000000704. The van der Waals surface area contributed by atoms with Crippen LogP contribution in [-0.2, 0) is 12.0 Å². The van der Waals surface area contributed by atoms with Crippen LogP contribution in [0.5, 0.6) is 0 Å². The molecule has 1 aromatic heterocycles. The SMILES string of the molecule is CC.CC1=CC2CC2(n2c3c(c4ccccc42)C=CC=CC3)C=C1. The van der Waals surface area contributed by atoms with Gasteiger partial charge < -0.3 is 4.57 Å². The van der Waals surface area contributed by atoms with Gasteiger partial charge in [0.2, 0.25) is 0 Å². The summed E-state index contributed by atoms with van der Waals surface area (Å²) in [6.07, 6.45) is 18.3. The largest absolute Gasteiger partial charge is 0.333 e. The Labute approximate surface area is 144 Å². The summed E-state index contributed by atoms with van der Waals surface area (Å²) < 4.78 is 2.63. The van der Waals surface area contributed by atoms with Gasteiger partial charge in [-0.2, -0.15) is 0 Å². The molecular weight excluding hydrogens is 290 g/mol. The third-order valence-corrected chi connectivity index (χ3v) is 5.38. The average Bonchev–Trinajstić information content (AvgIpc) is 3.31. The average molecular weight is 315 g/mol. The molecule has 1 fully saturated rings. The second kappa shape index (κ2) is 5.66. The molecule has 2 atom stereocenters. The molecule has 2 aromatic rings. The van der Waals surface area contributed by atoms with Gasteiger partial charge in [-0.25, -0.2) is 0 Å². The maximum atomic E-state index is 2.63. The summed E-state index contributed by atoms with van der Waals surface area (Å²) in [6, 6.07) is 8.87. The van der Waals surface area contributed by atoms with Gasteiger partial charge in [0.25, 0.3) is 0 Å². The minimum Gasteiger partial charge on any atom is -0.333 e. The molecule has 3 aliphatic carbocycles. The summed E-state index contributed by atoms with van der Waals surface area (Å²) in [6.45, 7) is 6.21. The van der Waals surface area contributed by atoms with Crippen LogP contribution in [0, 0.1) is 5.92 Å². The number of hydrogen-bond donors (Lipinski definition) is 0. The van der Waals surface area contributed by atoms with E-state index in [4.69, 9.17) is 0 Å². The van der Waals surface area contributed by atoms with E-state index in [9.17, 15) is 0 Å². The molecule has 1 heterocycles. The molecule has 1 aromatic carbocycles. The molecule has 1 heteroatoms. The molecule has 2 unspecified atom stereocenters. The van der Waals surface area contributed by atoms with Crippen LogP contribution in [0.4, 0.5) is 0 Å². The Hall–Kier alpha value is -2.28. The van der Waals surface area contributed by atoms with Crippen molar-refractivity contribution in [2.45, 2.75) is 39.2 Å². The van der Waals surface area contributed by atoms with E-state index in [1.54, 1.807) is 0 Å². The normalized spacial score (nSPS) is 26.1. The number of hydrogen-bond acceptors (Lipinski definition) is 0. The summed E-state index contributed by atoms with van der Waals surface area (Å²) in [5, 5.41) is 1.39. The van der Waals surface area contributed by atoms with E-state index >= 15 is 0 Å². The van der Waals surface area contributed by atoms with Gasteiger partial charge in [0.1, 0.15) is 0 Å². The summed E-state index contributed by atoms with van der Waals surface area (Å²) in [5.41, 5.74) is 5.83. The molecule has 0 radical (unpaired) electrons. The fourth-order valence-electron chi connectivity index (χ4n) is 4.26. The smallest absolute Gasteiger partial charge is 0.0704 e. The van der Waals surface area contributed by atoms with Crippen LogP contribution in [0.3, 0.4) is 0 Å². The highest BCUT2D eigenvalue weighted by atomic mass is 15.1. The van der Waals surface area contributed by atoms with Gasteiger partial charge in [-0.05, 0) is 19.4 Å². The lowest BCUT2D eigenvalue weighted by Gasteiger charge is -2.22. The van der Waals surface area contributed by atoms with Crippen LogP contribution in [0.25, 0.3) is 17.0 Å². The number of para-hydroxylation sites is 1. The third-order valence-electron chi connectivity index (χ3n) is 5.38. The molecule has 1 saturated carbocycles.